The van der Waals surface area contributed by atoms with Crippen LogP contribution in [0, 0.1) is 17.2 Å². The van der Waals surface area contributed by atoms with Crippen molar-refractivity contribution in [2.45, 2.75) is 25.4 Å². The topological polar surface area (TPSA) is 50.4 Å². The maximum atomic E-state index is 13.3. The van der Waals surface area contributed by atoms with E-state index in [4.69, 9.17) is 0 Å². The fraction of sp³-hybridized carbons (Fsp3) is 0.562. The van der Waals surface area contributed by atoms with Gasteiger partial charge in [-0.3, -0.25) is 4.79 Å². The van der Waals surface area contributed by atoms with Crippen LogP contribution in [-0.4, -0.2) is 31.8 Å². The maximum absolute atomic E-state index is 13.3. The number of anilines is 1. The van der Waals surface area contributed by atoms with Gasteiger partial charge in [0.05, 0.1) is 5.69 Å². The molecule has 2 aliphatic rings. The highest BCUT2D eigenvalue weighted by atomic mass is 19.4. The molecule has 0 aromatic heterocycles. The van der Waals surface area contributed by atoms with Crippen molar-refractivity contribution in [3.63, 3.8) is 0 Å². The Bertz CT molecular complexity index is 627. The molecule has 1 saturated carbocycles. The van der Waals surface area contributed by atoms with E-state index in [1.54, 1.807) is 0 Å². The second-order valence-electron chi connectivity index (χ2n) is 6.40. The van der Waals surface area contributed by atoms with Crippen molar-refractivity contribution >= 4 is 11.6 Å². The molecule has 0 bridgehead atoms. The summed E-state index contributed by atoms with van der Waals surface area (Å²) in [7, 11) is 0. The van der Waals surface area contributed by atoms with E-state index < -0.39 is 18.6 Å². The number of carbonyl (C=O) groups excluding carboxylic acids is 1. The van der Waals surface area contributed by atoms with Crippen molar-refractivity contribution in [2.75, 3.05) is 25.0 Å². The molecule has 1 heterocycles. The number of benzene rings is 1. The number of amides is 1. The smallest absolute Gasteiger partial charge is 0.422 e. The van der Waals surface area contributed by atoms with Crippen molar-refractivity contribution in [1.82, 2.24) is 5.32 Å². The molecule has 1 atom stereocenters. The Hall–Kier alpha value is -1.83. The Morgan fingerprint density at radius 2 is 2.04 bits per heavy atom. The molecule has 2 fully saturated rings. The first-order valence-corrected chi connectivity index (χ1v) is 7.80. The molecule has 4 nitrogen and oxygen atoms in total. The first kappa shape index (κ1) is 17.0. The lowest BCUT2D eigenvalue weighted by Crippen LogP contribution is -2.31. The average molecular weight is 346 g/mol. The maximum Gasteiger partial charge on any atom is 0.422 e. The van der Waals surface area contributed by atoms with Crippen LogP contribution in [0.4, 0.5) is 23.2 Å². The fourth-order valence-electron chi connectivity index (χ4n) is 3.29. The van der Waals surface area contributed by atoms with Gasteiger partial charge < -0.3 is 15.4 Å². The summed E-state index contributed by atoms with van der Waals surface area (Å²) in [5.74, 6) is -1.45. The predicted octanol–water partition coefficient (Wildman–Crippen LogP) is 3.10. The van der Waals surface area contributed by atoms with Crippen LogP contribution in [0.25, 0.3) is 0 Å². The van der Waals surface area contributed by atoms with Gasteiger partial charge in [0.1, 0.15) is 11.6 Å². The van der Waals surface area contributed by atoms with Crippen LogP contribution < -0.4 is 15.4 Å². The molecule has 0 radical (unpaired) electrons. The van der Waals surface area contributed by atoms with E-state index >= 15 is 0 Å². The van der Waals surface area contributed by atoms with Gasteiger partial charge in [0.2, 0.25) is 5.91 Å². The number of halogens is 4. The number of nitrogens with one attached hydrogen (secondary N) is 2. The van der Waals surface area contributed by atoms with Crippen molar-refractivity contribution in [2.24, 2.45) is 11.3 Å². The second-order valence-corrected chi connectivity index (χ2v) is 6.40. The summed E-state index contributed by atoms with van der Waals surface area (Å²) >= 11 is 0. The molecule has 24 heavy (non-hydrogen) atoms. The monoisotopic (exact) mass is 346 g/mol. The largest absolute Gasteiger partial charge is 0.482 e. The number of hydrogen-bond donors (Lipinski definition) is 2. The Morgan fingerprint density at radius 1 is 1.33 bits per heavy atom. The standard InChI is InChI=1S/C16H18F4N2O2/c17-10-1-2-12(13(7-10)24-9-16(18,19)20)22-14(23)11-8-15(11)3-5-21-6-4-15/h1-2,7,11,21H,3-6,8-9H2,(H,22,23)/t11-/m1/s1. The zero-order valence-electron chi connectivity index (χ0n) is 12.9. The van der Waals surface area contributed by atoms with Crippen LogP contribution in [0.5, 0.6) is 5.75 Å². The Kier molecular flexibility index (Phi) is 4.42. The SMILES string of the molecule is O=C(Nc1ccc(F)cc1OCC(F)(F)F)[C@H]1CC12CCNCC2. The summed E-state index contributed by atoms with van der Waals surface area (Å²) < 4.78 is 54.8. The Morgan fingerprint density at radius 3 is 2.71 bits per heavy atom. The molecule has 1 amide bonds. The van der Waals surface area contributed by atoms with Crippen LogP contribution in [0.3, 0.4) is 0 Å². The summed E-state index contributed by atoms with van der Waals surface area (Å²) in [4.78, 5) is 12.4. The summed E-state index contributed by atoms with van der Waals surface area (Å²) in [6, 6.07) is 3.13. The van der Waals surface area contributed by atoms with Gasteiger partial charge in [-0.15, -0.1) is 0 Å². The minimum atomic E-state index is -4.54. The highest BCUT2D eigenvalue weighted by Crippen LogP contribution is 2.58. The highest BCUT2D eigenvalue weighted by molar-refractivity contribution is 5.96. The molecule has 1 spiro atoms. The lowest BCUT2D eigenvalue weighted by molar-refractivity contribution is -0.153. The second kappa shape index (κ2) is 6.23. The molecule has 8 heteroatoms. The van der Waals surface area contributed by atoms with E-state index in [1.165, 1.54) is 6.07 Å². The van der Waals surface area contributed by atoms with Crippen LogP contribution in [0.2, 0.25) is 0 Å². The van der Waals surface area contributed by atoms with Crippen LogP contribution in [0.15, 0.2) is 18.2 Å². The van der Waals surface area contributed by atoms with Crippen LogP contribution in [-0.2, 0) is 4.79 Å². The van der Waals surface area contributed by atoms with Gasteiger partial charge in [0, 0.05) is 12.0 Å². The lowest BCUT2D eigenvalue weighted by atomic mass is 9.92. The quantitative estimate of drug-likeness (QED) is 0.824. The summed E-state index contributed by atoms with van der Waals surface area (Å²) in [5, 5.41) is 5.82. The van der Waals surface area contributed by atoms with Gasteiger partial charge in [-0.2, -0.15) is 13.2 Å². The third-order valence-electron chi connectivity index (χ3n) is 4.70. The van der Waals surface area contributed by atoms with Crippen molar-refractivity contribution in [1.29, 1.82) is 0 Å². The van der Waals surface area contributed by atoms with E-state index in [1.807, 2.05) is 0 Å². The molecule has 2 N–H and O–H groups in total. The van der Waals surface area contributed by atoms with Crippen molar-refractivity contribution < 1.29 is 27.1 Å². The normalized spacial score (nSPS) is 22.2. The van der Waals surface area contributed by atoms with E-state index in [-0.39, 0.29) is 28.7 Å². The first-order valence-electron chi connectivity index (χ1n) is 7.80. The number of alkyl halides is 3. The minimum absolute atomic E-state index is 0.00234. The van der Waals surface area contributed by atoms with Gasteiger partial charge in [-0.05, 0) is 49.9 Å². The summed E-state index contributed by atoms with van der Waals surface area (Å²) in [6.07, 6.45) is -1.94. The highest BCUT2D eigenvalue weighted by Gasteiger charge is 2.57. The molecular weight excluding hydrogens is 328 g/mol. The molecule has 132 valence electrons. The lowest BCUT2D eigenvalue weighted by Gasteiger charge is -2.23. The third-order valence-corrected chi connectivity index (χ3v) is 4.70. The zero-order chi connectivity index (χ0) is 17.4. The van der Waals surface area contributed by atoms with Gasteiger partial charge in [-0.1, -0.05) is 0 Å². The van der Waals surface area contributed by atoms with Crippen LogP contribution in [0.1, 0.15) is 19.3 Å². The molecule has 1 aromatic carbocycles. The number of rotatable bonds is 4. The van der Waals surface area contributed by atoms with Crippen molar-refractivity contribution in [3.05, 3.63) is 24.0 Å². The molecule has 1 aliphatic heterocycles. The Labute approximate surface area is 136 Å². The van der Waals surface area contributed by atoms with Gasteiger partial charge >= 0.3 is 6.18 Å². The van der Waals surface area contributed by atoms with E-state index in [2.05, 4.69) is 15.4 Å². The van der Waals surface area contributed by atoms with Gasteiger partial charge in [0.25, 0.3) is 0 Å². The number of carbonyl (C=O) groups is 1. The Balaban J connectivity index is 1.67. The summed E-state index contributed by atoms with van der Waals surface area (Å²) in [5.41, 5.74) is 0.0594. The molecular formula is C16H18F4N2O2. The van der Waals surface area contributed by atoms with Crippen LogP contribution >= 0.6 is 0 Å². The predicted molar refractivity (Wildman–Crippen MR) is 79.2 cm³/mol. The first-order chi connectivity index (χ1) is 11.3. The van der Waals surface area contributed by atoms with Crippen molar-refractivity contribution in [3.8, 4) is 5.75 Å². The van der Waals surface area contributed by atoms with Gasteiger partial charge in [0.15, 0.2) is 6.61 Å². The number of piperidine rings is 1. The molecule has 0 unspecified atom stereocenters. The van der Waals surface area contributed by atoms with E-state index in [0.717, 1.165) is 44.5 Å². The zero-order valence-corrected chi connectivity index (χ0v) is 12.9. The summed E-state index contributed by atoms with van der Waals surface area (Å²) in [6.45, 7) is 0.179. The molecule has 3 rings (SSSR count). The molecule has 1 saturated heterocycles. The fourth-order valence-corrected chi connectivity index (χ4v) is 3.29. The van der Waals surface area contributed by atoms with E-state index in [0.29, 0.717) is 0 Å². The third kappa shape index (κ3) is 3.80. The molecule has 1 aliphatic carbocycles. The number of hydrogen-bond acceptors (Lipinski definition) is 3. The molecule has 1 aromatic rings. The number of ether oxygens (including phenoxy) is 1. The minimum Gasteiger partial charge on any atom is -0.482 e. The average Bonchev–Trinajstić information content (AvgIpc) is 3.20. The van der Waals surface area contributed by atoms with E-state index in [9.17, 15) is 22.4 Å². The van der Waals surface area contributed by atoms with Gasteiger partial charge in [-0.25, -0.2) is 4.39 Å².